The zero-order valence-corrected chi connectivity index (χ0v) is 12.8. The highest BCUT2D eigenvalue weighted by atomic mass is 32.2. The standard InChI is InChI=1S/C14H22N2O3S/c1-11-5-6-12(9-15)8-14(11)20(17,18)16(2)10-13-4-3-7-19-13/h5-6,8,13H,3-4,7,9-10,15H2,1-2H3. The first-order valence-corrected chi connectivity index (χ1v) is 8.26. The van der Waals surface area contributed by atoms with Gasteiger partial charge in [0, 0.05) is 26.7 Å². The van der Waals surface area contributed by atoms with Crippen LogP contribution in [0.1, 0.15) is 24.0 Å². The van der Waals surface area contributed by atoms with Gasteiger partial charge in [0.25, 0.3) is 0 Å². The molecule has 1 fully saturated rings. The summed E-state index contributed by atoms with van der Waals surface area (Å²) in [5.74, 6) is 0. The molecular weight excluding hydrogens is 276 g/mol. The van der Waals surface area contributed by atoms with Crippen molar-refractivity contribution >= 4 is 10.0 Å². The number of likely N-dealkylation sites (N-methyl/N-ethyl adjacent to an activating group) is 1. The summed E-state index contributed by atoms with van der Waals surface area (Å²) in [5, 5.41) is 0. The lowest BCUT2D eigenvalue weighted by atomic mass is 10.1. The minimum atomic E-state index is -3.49. The highest BCUT2D eigenvalue weighted by Crippen LogP contribution is 2.22. The summed E-state index contributed by atoms with van der Waals surface area (Å²) in [6.07, 6.45) is 1.93. The Morgan fingerprint density at radius 3 is 2.80 bits per heavy atom. The Hall–Kier alpha value is -0.950. The first-order valence-electron chi connectivity index (χ1n) is 6.82. The number of hydrogen-bond acceptors (Lipinski definition) is 4. The number of benzene rings is 1. The van der Waals surface area contributed by atoms with E-state index in [4.69, 9.17) is 10.5 Å². The van der Waals surface area contributed by atoms with Gasteiger partial charge in [-0.25, -0.2) is 8.42 Å². The Morgan fingerprint density at radius 1 is 1.45 bits per heavy atom. The summed E-state index contributed by atoms with van der Waals surface area (Å²) in [4.78, 5) is 0.334. The van der Waals surface area contributed by atoms with E-state index in [2.05, 4.69) is 0 Å². The zero-order chi connectivity index (χ0) is 14.8. The van der Waals surface area contributed by atoms with Crippen LogP contribution in [0.25, 0.3) is 0 Å². The number of nitrogens with two attached hydrogens (primary N) is 1. The van der Waals surface area contributed by atoms with Crippen molar-refractivity contribution in [1.82, 2.24) is 4.31 Å². The third-order valence-electron chi connectivity index (χ3n) is 3.66. The third kappa shape index (κ3) is 3.20. The lowest BCUT2D eigenvalue weighted by Gasteiger charge is -2.21. The van der Waals surface area contributed by atoms with Crippen molar-refractivity contribution < 1.29 is 13.2 Å². The predicted molar refractivity (Wildman–Crippen MR) is 77.9 cm³/mol. The molecule has 0 aliphatic carbocycles. The Labute approximate surface area is 120 Å². The molecule has 0 radical (unpaired) electrons. The minimum absolute atomic E-state index is 0.00720. The first-order chi connectivity index (χ1) is 9.45. The molecule has 5 nitrogen and oxygen atoms in total. The van der Waals surface area contributed by atoms with E-state index in [9.17, 15) is 8.42 Å². The van der Waals surface area contributed by atoms with Crippen molar-refractivity contribution in [1.29, 1.82) is 0 Å². The Balaban J connectivity index is 2.24. The molecular formula is C14H22N2O3S. The molecule has 0 spiro atoms. The van der Waals surface area contributed by atoms with Crippen LogP contribution in [0.15, 0.2) is 23.1 Å². The maximum absolute atomic E-state index is 12.6. The Bertz CT molecular complexity index is 566. The van der Waals surface area contributed by atoms with E-state index in [1.54, 1.807) is 26.1 Å². The Kier molecular flexibility index (Phi) is 4.80. The number of hydrogen-bond donors (Lipinski definition) is 1. The maximum Gasteiger partial charge on any atom is 0.243 e. The molecule has 1 aromatic carbocycles. The lowest BCUT2D eigenvalue weighted by molar-refractivity contribution is 0.0979. The van der Waals surface area contributed by atoms with E-state index in [0.717, 1.165) is 30.6 Å². The molecule has 0 saturated carbocycles. The molecule has 1 aliphatic heterocycles. The van der Waals surface area contributed by atoms with Gasteiger partial charge in [0.2, 0.25) is 10.0 Å². The molecule has 1 aromatic rings. The van der Waals surface area contributed by atoms with Crippen LogP contribution in [0.5, 0.6) is 0 Å². The quantitative estimate of drug-likeness (QED) is 0.888. The molecule has 112 valence electrons. The maximum atomic E-state index is 12.6. The number of nitrogens with zero attached hydrogens (tertiary/aromatic N) is 1. The van der Waals surface area contributed by atoms with Gasteiger partial charge in [-0.1, -0.05) is 12.1 Å². The lowest BCUT2D eigenvalue weighted by Crippen LogP contribution is -2.34. The highest BCUT2D eigenvalue weighted by molar-refractivity contribution is 7.89. The molecule has 1 heterocycles. The fourth-order valence-electron chi connectivity index (χ4n) is 2.39. The molecule has 6 heteroatoms. The van der Waals surface area contributed by atoms with Gasteiger partial charge in [-0.2, -0.15) is 4.31 Å². The molecule has 20 heavy (non-hydrogen) atoms. The summed E-state index contributed by atoms with van der Waals surface area (Å²) < 4.78 is 32.2. The average Bonchev–Trinajstić information content (AvgIpc) is 2.92. The highest BCUT2D eigenvalue weighted by Gasteiger charge is 2.27. The van der Waals surface area contributed by atoms with Crippen molar-refractivity contribution in [3.8, 4) is 0 Å². The smallest absolute Gasteiger partial charge is 0.243 e. The summed E-state index contributed by atoms with van der Waals surface area (Å²) in [7, 11) is -1.89. The number of sulfonamides is 1. The summed E-state index contributed by atoms with van der Waals surface area (Å²) in [6.45, 7) is 3.25. The molecule has 2 rings (SSSR count). The van der Waals surface area contributed by atoms with E-state index in [1.807, 2.05) is 6.07 Å². The van der Waals surface area contributed by atoms with E-state index >= 15 is 0 Å². The van der Waals surface area contributed by atoms with Gasteiger partial charge in [-0.05, 0) is 37.0 Å². The second kappa shape index (κ2) is 6.22. The van der Waals surface area contributed by atoms with Crippen LogP contribution in [0.4, 0.5) is 0 Å². The Morgan fingerprint density at radius 2 is 2.20 bits per heavy atom. The predicted octanol–water partition coefficient (Wildman–Crippen LogP) is 1.25. The van der Waals surface area contributed by atoms with E-state index in [1.165, 1.54) is 4.31 Å². The molecule has 0 amide bonds. The van der Waals surface area contributed by atoms with Gasteiger partial charge in [0.15, 0.2) is 0 Å². The van der Waals surface area contributed by atoms with Gasteiger partial charge in [-0.15, -0.1) is 0 Å². The summed E-state index contributed by atoms with van der Waals surface area (Å²) in [6, 6.07) is 5.32. The molecule has 2 N–H and O–H groups in total. The SMILES string of the molecule is Cc1ccc(CN)cc1S(=O)(=O)N(C)CC1CCCO1. The van der Waals surface area contributed by atoms with Crippen LogP contribution in [-0.4, -0.2) is 39.0 Å². The number of ether oxygens (including phenoxy) is 1. The largest absolute Gasteiger partial charge is 0.377 e. The molecule has 1 saturated heterocycles. The van der Waals surface area contributed by atoms with Gasteiger partial charge in [-0.3, -0.25) is 0 Å². The summed E-state index contributed by atoms with van der Waals surface area (Å²) >= 11 is 0. The summed E-state index contributed by atoms with van der Waals surface area (Å²) in [5.41, 5.74) is 7.15. The van der Waals surface area contributed by atoms with Crippen LogP contribution in [0.3, 0.4) is 0 Å². The molecule has 1 atom stereocenters. The second-order valence-electron chi connectivity index (χ2n) is 5.22. The molecule has 0 aromatic heterocycles. The zero-order valence-electron chi connectivity index (χ0n) is 12.0. The van der Waals surface area contributed by atoms with Crippen molar-refractivity contribution in [2.45, 2.75) is 37.3 Å². The van der Waals surface area contributed by atoms with Crippen molar-refractivity contribution in [3.63, 3.8) is 0 Å². The van der Waals surface area contributed by atoms with E-state index in [-0.39, 0.29) is 6.10 Å². The van der Waals surface area contributed by atoms with E-state index in [0.29, 0.717) is 18.0 Å². The molecule has 1 aliphatic rings. The van der Waals surface area contributed by atoms with Crippen LogP contribution < -0.4 is 5.73 Å². The van der Waals surface area contributed by atoms with Crippen molar-refractivity contribution in [2.75, 3.05) is 20.2 Å². The van der Waals surface area contributed by atoms with Crippen molar-refractivity contribution in [2.24, 2.45) is 5.73 Å². The molecule has 1 unspecified atom stereocenters. The third-order valence-corrected chi connectivity index (χ3v) is 5.63. The minimum Gasteiger partial charge on any atom is -0.377 e. The van der Waals surface area contributed by atoms with Crippen LogP contribution in [0, 0.1) is 6.92 Å². The van der Waals surface area contributed by atoms with Gasteiger partial charge in [0.05, 0.1) is 11.0 Å². The first kappa shape index (κ1) is 15.4. The van der Waals surface area contributed by atoms with Crippen molar-refractivity contribution in [3.05, 3.63) is 29.3 Å². The monoisotopic (exact) mass is 298 g/mol. The van der Waals surface area contributed by atoms with Gasteiger partial charge >= 0.3 is 0 Å². The normalized spacial score (nSPS) is 19.7. The fraction of sp³-hybridized carbons (Fsp3) is 0.571. The number of aryl methyl sites for hydroxylation is 1. The molecule has 0 bridgehead atoms. The van der Waals surface area contributed by atoms with Crippen LogP contribution in [-0.2, 0) is 21.3 Å². The van der Waals surface area contributed by atoms with E-state index < -0.39 is 10.0 Å². The van der Waals surface area contributed by atoms with Gasteiger partial charge in [0.1, 0.15) is 0 Å². The van der Waals surface area contributed by atoms with Gasteiger partial charge < -0.3 is 10.5 Å². The topological polar surface area (TPSA) is 72.6 Å². The number of rotatable bonds is 5. The average molecular weight is 298 g/mol. The van der Waals surface area contributed by atoms with Crippen LogP contribution in [0.2, 0.25) is 0 Å². The van der Waals surface area contributed by atoms with Crippen LogP contribution >= 0.6 is 0 Å². The second-order valence-corrected chi connectivity index (χ2v) is 7.24. The fourth-order valence-corrected chi connectivity index (χ4v) is 3.86.